The number of hydrogen-bond donors (Lipinski definition) is 0. The van der Waals surface area contributed by atoms with Gasteiger partial charge in [0.05, 0.1) is 6.10 Å². The third-order valence-electron chi connectivity index (χ3n) is 6.87. The van der Waals surface area contributed by atoms with Crippen LogP contribution in [0.15, 0.2) is 85.5 Å². The molecule has 1 aliphatic carbocycles. The number of ether oxygens (including phenoxy) is 3. The molecule has 0 radical (unpaired) electrons. The number of hydrogen-bond acceptors (Lipinski definition) is 8. The van der Waals surface area contributed by atoms with Crippen LogP contribution in [0.1, 0.15) is 50.2 Å². The molecule has 2 aromatic heterocycles. The van der Waals surface area contributed by atoms with E-state index in [0.717, 1.165) is 30.4 Å². The molecule has 0 spiro atoms. The first-order valence-corrected chi connectivity index (χ1v) is 13.6. The fourth-order valence-electron chi connectivity index (χ4n) is 4.94. The number of esters is 3. The number of nitrogens with zero attached hydrogens (tertiary/aromatic N) is 2. The number of carbonyl (C=O) groups excluding carboxylic acids is 3. The minimum absolute atomic E-state index is 0.0148. The van der Waals surface area contributed by atoms with E-state index in [-0.39, 0.29) is 24.0 Å². The maximum atomic E-state index is 12.8. The molecular weight excluding hydrogens is 508 g/mol. The van der Waals surface area contributed by atoms with Crippen LogP contribution in [-0.2, 0) is 28.6 Å². The second-order valence-corrected chi connectivity index (χ2v) is 9.96. The molecule has 4 rings (SSSR count). The van der Waals surface area contributed by atoms with Crippen LogP contribution < -0.4 is 0 Å². The van der Waals surface area contributed by atoms with Crippen molar-refractivity contribution in [1.82, 2.24) is 9.97 Å². The lowest BCUT2D eigenvalue weighted by Crippen LogP contribution is -2.27. The number of pyridine rings is 2. The number of aromatic nitrogens is 2. The van der Waals surface area contributed by atoms with E-state index in [4.69, 9.17) is 14.2 Å². The topological polar surface area (TPSA) is 105 Å². The molecule has 1 saturated carbocycles. The lowest BCUT2D eigenvalue weighted by Gasteiger charge is -2.24. The summed E-state index contributed by atoms with van der Waals surface area (Å²) in [7, 11) is 0. The van der Waals surface area contributed by atoms with Crippen LogP contribution in [0.5, 0.6) is 0 Å². The van der Waals surface area contributed by atoms with E-state index >= 15 is 0 Å². The van der Waals surface area contributed by atoms with Crippen molar-refractivity contribution in [1.29, 1.82) is 0 Å². The standard InChI is InChI=1S/C32H34N2O6/c1-23-7-3-2-4-10-26-19-27(39-31(36)14-11-24-8-5-17-33-21-24)20-28(26)29(13-16-30(35)38-23)40-32(37)15-12-25-9-6-18-34-22-25/h4-6,8-18,21-23,26-29H,2-3,7,19-20H2,1H3/b10-4+,14-11+,15-12+,16-13+/t23-,26+,27-,28+,29+/m0/s1. The number of fused-ring (bicyclic) bond motifs is 1. The molecule has 1 fully saturated rings. The average molecular weight is 543 g/mol. The van der Waals surface area contributed by atoms with Crippen LogP contribution in [0.2, 0.25) is 0 Å². The first kappa shape index (κ1) is 28.7. The Morgan fingerprint density at radius 2 is 1.62 bits per heavy atom. The van der Waals surface area contributed by atoms with Crippen molar-refractivity contribution in [2.45, 2.75) is 57.3 Å². The third-order valence-corrected chi connectivity index (χ3v) is 6.87. The highest BCUT2D eigenvalue weighted by molar-refractivity contribution is 5.88. The second-order valence-electron chi connectivity index (χ2n) is 9.96. The minimum Gasteiger partial charge on any atom is -0.460 e. The minimum atomic E-state index is -0.723. The lowest BCUT2D eigenvalue weighted by atomic mass is 9.89. The molecule has 8 nitrogen and oxygen atoms in total. The molecule has 2 aromatic rings. The van der Waals surface area contributed by atoms with E-state index in [1.54, 1.807) is 55.1 Å². The molecule has 2 aliphatic rings. The van der Waals surface area contributed by atoms with Crippen molar-refractivity contribution in [3.8, 4) is 0 Å². The number of allylic oxidation sites excluding steroid dienone is 2. The summed E-state index contributed by atoms with van der Waals surface area (Å²) in [5.41, 5.74) is 1.55. The maximum absolute atomic E-state index is 12.8. The molecule has 0 N–H and O–H groups in total. The van der Waals surface area contributed by atoms with Gasteiger partial charge in [-0.3, -0.25) is 9.97 Å². The van der Waals surface area contributed by atoms with E-state index in [2.05, 4.69) is 22.1 Å². The highest BCUT2D eigenvalue weighted by atomic mass is 16.6. The summed E-state index contributed by atoms with van der Waals surface area (Å²) < 4.78 is 17.1. The molecule has 0 unspecified atom stereocenters. The van der Waals surface area contributed by atoms with Gasteiger partial charge in [-0.2, -0.15) is 0 Å². The summed E-state index contributed by atoms with van der Waals surface area (Å²) in [5.74, 6) is -1.70. The zero-order valence-corrected chi connectivity index (χ0v) is 22.5. The number of rotatable bonds is 6. The Morgan fingerprint density at radius 1 is 0.950 bits per heavy atom. The predicted molar refractivity (Wildman–Crippen MR) is 150 cm³/mol. The van der Waals surface area contributed by atoms with E-state index in [0.29, 0.717) is 12.8 Å². The quantitative estimate of drug-likeness (QED) is 0.210. The predicted octanol–water partition coefficient (Wildman–Crippen LogP) is 5.28. The Hall–Kier alpha value is -4.33. The SMILES string of the molecule is C[C@H]1CCC/C=C/[C@@H]2C[C@H](OC(=O)/C=C/c3cccnc3)C[C@H]2[C@H](OC(=O)/C=C/c2cccnc2)/C=C/C(=O)O1. The zero-order valence-electron chi connectivity index (χ0n) is 22.5. The molecule has 0 saturated heterocycles. The van der Waals surface area contributed by atoms with Crippen molar-refractivity contribution >= 4 is 30.1 Å². The summed E-state index contributed by atoms with van der Waals surface area (Å²) in [6.45, 7) is 1.87. The third kappa shape index (κ3) is 9.15. The zero-order chi connectivity index (χ0) is 28.2. The van der Waals surface area contributed by atoms with E-state index < -0.39 is 24.0 Å². The van der Waals surface area contributed by atoms with Crippen LogP contribution in [0.4, 0.5) is 0 Å². The van der Waals surface area contributed by atoms with Gasteiger partial charge in [-0.05, 0) is 86.4 Å². The number of carbonyl (C=O) groups is 3. The maximum Gasteiger partial charge on any atom is 0.331 e. The van der Waals surface area contributed by atoms with Gasteiger partial charge < -0.3 is 14.2 Å². The second kappa shape index (κ2) is 14.7. The summed E-state index contributed by atoms with van der Waals surface area (Å²) in [4.78, 5) is 45.9. The van der Waals surface area contributed by atoms with Crippen molar-refractivity contribution in [2.24, 2.45) is 11.8 Å². The van der Waals surface area contributed by atoms with Gasteiger partial charge >= 0.3 is 17.9 Å². The van der Waals surface area contributed by atoms with Crippen LogP contribution in [0.3, 0.4) is 0 Å². The molecule has 3 heterocycles. The molecular formula is C32H34N2O6. The van der Waals surface area contributed by atoms with E-state index in [1.807, 2.05) is 19.1 Å². The Bertz CT molecular complexity index is 1250. The monoisotopic (exact) mass is 542 g/mol. The largest absolute Gasteiger partial charge is 0.460 e. The van der Waals surface area contributed by atoms with Gasteiger partial charge in [0, 0.05) is 48.9 Å². The molecule has 1 aliphatic heterocycles. The van der Waals surface area contributed by atoms with E-state index in [1.165, 1.54) is 18.2 Å². The highest BCUT2D eigenvalue weighted by Gasteiger charge is 2.40. The normalized spacial score (nSPS) is 27.0. The van der Waals surface area contributed by atoms with Gasteiger partial charge in [0.1, 0.15) is 12.2 Å². The summed E-state index contributed by atoms with van der Waals surface area (Å²) >= 11 is 0. The van der Waals surface area contributed by atoms with Crippen LogP contribution in [-0.4, -0.2) is 46.2 Å². The molecule has 0 amide bonds. The van der Waals surface area contributed by atoms with Crippen LogP contribution >= 0.6 is 0 Å². The smallest absolute Gasteiger partial charge is 0.331 e. The summed E-state index contributed by atoms with van der Waals surface area (Å²) in [6.07, 6.45) is 22.0. The summed E-state index contributed by atoms with van der Waals surface area (Å²) in [6, 6.07) is 7.24. The summed E-state index contributed by atoms with van der Waals surface area (Å²) in [5, 5.41) is 0. The molecule has 0 bridgehead atoms. The Morgan fingerprint density at radius 3 is 2.27 bits per heavy atom. The Labute approximate surface area is 234 Å². The van der Waals surface area contributed by atoms with Crippen LogP contribution in [0, 0.1) is 11.8 Å². The Balaban J connectivity index is 1.50. The van der Waals surface area contributed by atoms with Crippen molar-refractivity contribution in [2.75, 3.05) is 0 Å². The van der Waals surface area contributed by atoms with Crippen molar-refractivity contribution in [3.63, 3.8) is 0 Å². The lowest BCUT2D eigenvalue weighted by molar-refractivity contribution is -0.146. The van der Waals surface area contributed by atoms with Crippen molar-refractivity contribution < 1.29 is 28.6 Å². The van der Waals surface area contributed by atoms with Gasteiger partial charge in [-0.1, -0.05) is 24.3 Å². The van der Waals surface area contributed by atoms with Gasteiger partial charge in [0.25, 0.3) is 0 Å². The highest BCUT2D eigenvalue weighted by Crippen LogP contribution is 2.39. The molecule has 0 aromatic carbocycles. The molecule has 8 heteroatoms. The van der Waals surface area contributed by atoms with Crippen LogP contribution in [0.25, 0.3) is 12.2 Å². The molecule has 40 heavy (non-hydrogen) atoms. The Kier molecular flexibility index (Phi) is 10.6. The van der Waals surface area contributed by atoms with Gasteiger partial charge in [-0.25, -0.2) is 14.4 Å². The van der Waals surface area contributed by atoms with Gasteiger partial charge in [-0.15, -0.1) is 0 Å². The van der Waals surface area contributed by atoms with Gasteiger partial charge in [0.15, 0.2) is 0 Å². The molecule has 208 valence electrons. The fourth-order valence-corrected chi connectivity index (χ4v) is 4.94. The van der Waals surface area contributed by atoms with E-state index in [9.17, 15) is 14.4 Å². The average Bonchev–Trinajstić information content (AvgIpc) is 3.35. The van der Waals surface area contributed by atoms with Crippen molar-refractivity contribution in [3.05, 3.63) is 96.6 Å². The first-order chi connectivity index (χ1) is 19.5. The fraction of sp³-hybridized carbons (Fsp3) is 0.344. The van der Waals surface area contributed by atoms with Gasteiger partial charge in [0.2, 0.25) is 0 Å². The number of cyclic esters (lactones) is 1. The molecule has 5 atom stereocenters. The first-order valence-electron chi connectivity index (χ1n) is 13.6.